The second kappa shape index (κ2) is 7.26. The van der Waals surface area contributed by atoms with Crippen molar-refractivity contribution in [1.82, 2.24) is 4.90 Å². The van der Waals surface area contributed by atoms with Crippen LogP contribution in [0, 0.1) is 10.1 Å². The van der Waals surface area contributed by atoms with Crippen LogP contribution in [0.3, 0.4) is 0 Å². The summed E-state index contributed by atoms with van der Waals surface area (Å²) < 4.78 is 11.5. The molecule has 2 aromatic rings. The van der Waals surface area contributed by atoms with Crippen molar-refractivity contribution < 1.29 is 19.2 Å². The number of nitro groups is 1. The van der Waals surface area contributed by atoms with E-state index in [4.69, 9.17) is 9.47 Å². The molecule has 0 saturated carbocycles. The molecule has 140 valence electrons. The molecule has 1 unspecified atom stereocenters. The number of nitro benzene ring substituents is 1. The molecule has 2 aliphatic heterocycles. The van der Waals surface area contributed by atoms with Crippen LogP contribution in [-0.4, -0.2) is 35.5 Å². The molecular weight excluding hydrogens is 348 g/mol. The summed E-state index contributed by atoms with van der Waals surface area (Å²) >= 11 is 0. The van der Waals surface area contributed by atoms with Gasteiger partial charge in [-0.25, -0.2) is 0 Å². The number of rotatable bonds is 3. The molecule has 0 N–H and O–H groups in total. The average Bonchev–Trinajstić information content (AvgIpc) is 3.06. The molecule has 2 aromatic carbocycles. The number of non-ortho nitro benzene ring substituents is 1. The first-order valence-electron chi connectivity index (χ1n) is 9.08. The molecule has 2 heterocycles. The molecule has 4 rings (SSSR count). The van der Waals surface area contributed by atoms with Gasteiger partial charge in [0.15, 0.2) is 11.5 Å². The normalized spacial score (nSPS) is 18.8. The van der Waals surface area contributed by atoms with E-state index in [9.17, 15) is 14.9 Å². The van der Waals surface area contributed by atoms with Gasteiger partial charge in [-0.2, -0.15) is 0 Å². The first kappa shape index (κ1) is 17.3. The Morgan fingerprint density at radius 1 is 1.04 bits per heavy atom. The van der Waals surface area contributed by atoms with Gasteiger partial charge in [0, 0.05) is 30.7 Å². The van der Waals surface area contributed by atoms with E-state index in [2.05, 4.69) is 0 Å². The van der Waals surface area contributed by atoms with E-state index in [0.717, 1.165) is 36.3 Å². The van der Waals surface area contributed by atoms with Crippen LogP contribution < -0.4 is 9.47 Å². The minimum Gasteiger partial charge on any atom is -0.490 e. The molecule has 1 saturated heterocycles. The summed E-state index contributed by atoms with van der Waals surface area (Å²) in [5.41, 5.74) is 1.46. The lowest BCUT2D eigenvalue weighted by atomic mass is 10.0. The van der Waals surface area contributed by atoms with E-state index in [0.29, 0.717) is 25.3 Å². The summed E-state index contributed by atoms with van der Waals surface area (Å²) in [4.78, 5) is 25.1. The number of benzene rings is 2. The summed E-state index contributed by atoms with van der Waals surface area (Å²) in [7, 11) is 0. The Balaban J connectivity index is 1.57. The fourth-order valence-corrected chi connectivity index (χ4v) is 3.64. The van der Waals surface area contributed by atoms with Crippen LogP contribution in [-0.2, 0) is 0 Å². The number of nitrogens with zero attached hydrogens (tertiary/aromatic N) is 2. The van der Waals surface area contributed by atoms with Gasteiger partial charge in [-0.05, 0) is 42.7 Å². The molecule has 0 bridgehead atoms. The molecule has 27 heavy (non-hydrogen) atoms. The third-order valence-corrected chi connectivity index (χ3v) is 5.00. The molecule has 1 fully saturated rings. The van der Waals surface area contributed by atoms with Crippen molar-refractivity contribution in [1.29, 1.82) is 0 Å². The molecule has 0 aliphatic carbocycles. The highest BCUT2D eigenvalue weighted by Crippen LogP contribution is 2.38. The molecule has 2 aliphatic rings. The summed E-state index contributed by atoms with van der Waals surface area (Å²) in [6.45, 7) is 1.92. The molecule has 1 atom stereocenters. The van der Waals surface area contributed by atoms with Gasteiger partial charge in [0.1, 0.15) is 0 Å². The van der Waals surface area contributed by atoms with E-state index in [1.54, 1.807) is 0 Å². The first-order valence-corrected chi connectivity index (χ1v) is 9.08. The summed E-state index contributed by atoms with van der Waals surface area (Å²) in [5, 5.41) is 10.8. The maximum absolute atomic E-state index is 13.0. The number of ether oxygens (including phenoxy) is 2. The van der Waals surface area contributed by atoms with Crippen molar-refractivity contribution in [3.05, 3.63) is 63.7 Å². The van der Waals surface area contributed by atoms with E-state index in [-0.39, 0.29) is 17.6 Å². The highest BCUT2D eigenvalue weighted by molar-refractivity contribution is 5.95. The first-order chi connectivity index (χ1) is 13.1. The SMILES string of the molecule is O=C(c1ccc([N+](=O)[O-])cc1)N1CCCC1c1ccc2c(c1)OCCCO2. The van der Waals surface area contributed by atoms with Gasteiger partial charge < -0.3 is 14.4 Å². The maximum atomic E-state index is 13.0. The minimum atomic E-state index is -0.468. The number of carbonyl (C=O) groups excluding carboxylic acids is 1. The number of amides is 1. The zero-order chi connectivity index (χ0) is 18.8. The largest absolute Gasteiger partial charge is 0.490 e. The predicted molar refractivity (Wildman–Crippen MR) is 98.2 cm³/mol. The molecule has 1 amide bonds. The minimum absolute atomic E-state index is 0.0209. The van der Waals surface area contributed by atoms with Gasteiger partial charge in [-0.1, -0.05) is 6.07 Å². The van der Waals surface area contributed by atoms with Gasteiger partial charge in [-0.3, -0.25) is 14.9 Å². The number of hydrogen-bond acceptors (Lipinski definition) is 5. The number of likely N-dealkylation sites (tertiary alicyclic amines) is 1. The summed E-state index contributed by atoms with van der Waals surface area (Å²) in [6, 6.07) is 11.6. The Hall–Kier alpha value is -3.09. The van der Waals surface area contributed by atoms with Crippen LogP contribution in [0.4, 0.5) is 5.69 Å². The molecule has 7 heteroatoms. The van der Waals surface area contributed by atoms with Gasteiger partial charge in [0.05, 0.1) is 24.2 Å². The summed E-state index contributed by atoms with van der Waals surface area (Å²) in [6.07, 6.45) is 2.63. The van der Waals surface area contributed by atoms with E-state index in [1.807, 2.05) is 23.1 Å². The van der Waals surface area contributed by atoms with E-state index in [1.165, 1.54) is 24.3 Å². The lowest BCUT2D eigenvalue weighted by Gasteiger charge is -2.25. The van der Waals surface area contributed by atoms with Gasteiger partial charge in [0.25, 0.3) is 11.6 Å². The fourth-order valence-electron chi connectivity index (χ4n) is 3.64. The quantitative estimate of drug-likeness (QED) is 0.609. The van der Waals surface area contributed by atoms with Crippen molar-refractivity contribution in [3.8, 4) is 11.5 Å². The number of fused-ring (bicyclic) bond motifs is 1. The second-order valence-corrected chi connectivity index (χ2v) is 6.72. The van der Waals surface area contributed by atoms with Crippen LogP contribution in [0.5, 0.6) is 11.5 Å². The highest BCUT2D eigenvalue weighted by Gasteiger charge is 2.31. The van der Waals surface area contributed by atoms with Gasteiger partial charge >= 0.3 is 0 Å². The Kier molecular flexibility index (Phi) is 4.66. The molecule has 0 radical (unpaired) electrons. The number of carbonyl (C=O) groups is 1. The van der Waals surface area contributed by atoms with Crippen LogP contribution in [0.15, 0.2) is 42.5 Å². The van der Waals surface area contributed by atoms with Gasteiger partial charge in [0.2, 0.25) is 0 Å². The van der Waals surface area contributed by atoms with Gasteiger partial charge in [-0.15, -0.1) is 0 Å². The monoisotopic (exact) mass is 368 g/mol. The Labute approximate surface area is 156 Å². The zero-order valence-electron chi connectivity index (χ0n) is 14.8. The van der Waals surface area contributed by atoms with Crippen molar-refractivity contribution in [2.45, 2.75) is 25.3 Å². The third-order valence-electron chi connectivity index (χ3n) is 5.00. The smallest absolute Gasteiger partial charge is 0.269 e. The molecular formula is C20H20N2O5. The van der Waals surface area contributed by atoms with Crippen LogP contribution in [0.2, 0.25) is 0 Å². The Bertz CT molecular complexity index is 865. The second-order valence-electron chi connectivity index (χ2n) is 6.72. The average molecular weight is 368 g/mol. The van der Waals surface area contributed by atoms with Crippen molar-refractivity contribution >= 4 is 11.6 Å². The van der Waals surface area contributed by atoms with Crippen LogP contribution in [0.1, 0.15) is 41.2 Å². The standard InChI is InChI=1S/C20H20N2O5/c23-20(14-4-7-16(8-5-14)22(24)25)21-10-1-3-17(21)15-6-9-18-19(13-15)27-12-2-11-26-18/h4-9,13,17H,1-3,10-12H2. The summed E-state index contributed by atoms with van der Waals surface area (Å²) in [5.74, 6) is 1.35. The molecule has 0 aromatic heterocycles. The van der Waals surface area contributed by atoms with E-state index >= 15 is 0 Å². The van der Waals surface area contributed by atoms with Crippen molar-refractivity contribution in [3.63, 3.8) is 0 Å². The Morgan fingerprint density at radius 3 is 2.52 bits per heavy atom. The Morgan fingerprint density at radius 2 is 1.78 bits per heavy atom. The lowest BCUT2D eigenvalue weighted by Crippen LogP contribution is -2.30. The zero-order valence-corrected chi connectivity index (χ0v) is 14.8. The van der Waals surface area contributed by atoms with Crippen molar-refractivity contribution in [2.24, 2.45) is 0 Å². The van der Waals surface area contributed by atoms with Crippen LogP contribution >= 0.6 is 0 Å². The highest BCUT2D eigenvalue weighted by atomic mass is 16.6. The molecule has 0 spiro atoms. The van der Waals surface area contributed by atoms with Crippen molar-refractivity contribution in [2.75, 3.05) is 19.8 Å². The lowest BCUT2D eigenvalue weighted by molar-refractivity contribution is -0.384. The predicted octanol–water partition coefficient (Wildman–Crippen LogP) is 3.73. The topological polar surface area (TPSA) is 81.9 Å². The number of hydrogen-bond donors (Lipinski definition) is 0. The molecule has 7 nitrogen and oxygen atoms in total. The van der Waals surface area contributed by atoms with Crippen LogP contribution in [0.25, 0.3) is 0 Å². The van der Waals surface area contributed by atoms with E-state index < -0.39 is 4.92 Å². The third kappa shape index (κ3) is 3.45. The fraction of sp³-hybridized carbons (Fsp3) is 0.350. The maximum Gasteiger partial charge on any atom is 0.269 e.